The Morgan fingerprint density at radius 3 is 2.62 bits per heavy atom. The van der Waals surface area contributed by atoms with E-state index in [1.165, 1.54) is 4.31 Å². The van der Waals surface area contributed by atoms with Gasteiger partial charge < -0.3 is 9.84 Å². The fourth-order valence-electron chi connectivity index (χ4n) is 3.05. The van der Waals surface area contributed by atoms with Crippen LogP contribution in [0.3, 0.4) is 0 Å². The van der Waals surface area contributed by atoms with Crippen molar-refractivity contribution in [1.29, 1.82) is 0 Å². The van der Waals surface area contributed by atoms with Gasteiger partial charge in [0.15, 0.2) is 11.5 Å². The van der Waals surface area contributed by atoms with E-state index in [-0.39, 0.29) is 23.4 Å². The van der Waals surface area contributed by atoms with Gasteiger partial charge in [0.2, 0.25) is 10.0 Å². The molecule has 1 aliphatic rings. The molecule has 0 saturated carbocycles. The standard InChI is InChI=1S/C18H23N3O4S/c1-2-12-26(23,24)21-10-8-15(9-11-21)19-18(22)16-13-17(25-20-16)14-6-4-3-5-7-14/h3-7,13,15H,2,8-12H2,1H3,(H,19,22). The summed E-state index contributed by atoms with van der Waals surface area (Å²) < 4.78 is 30.9. The van der Waals surface area contributed by atoms with Crippen molar-refractivity contribution in [1.82, 2.24) is 14.8 Å². The lowest BCUT2D eigenvalue weighted by atomic mass is 10.1. The maximum Gasteiger partial charge on any atom is 0.273 e. The zero-order valence-corrected chi connectivity index (χ0v) is 15.5. The molecule has 2 heterocycles. The minimum Gasteiger partial charge on any atom is -0.355 e. The van der Waals surface area contributed by atoms with Crippen LogP contribution in [0.15, 0.2) is 40.9 Å². The molecule has 2 aromatic rings. The first-order valence-corrected chi connectivity index (χ1v) is 10.4. The maximum absolute atomic E-state index is 12.4. The van der Waals surface area contributed by atoms with E-state index in [9.17, 15) is 13.2 Å². The molecule has 140 valence electrons. The number of amides is 1. The summed E-state index contributed by atoms with van der Waals surface area (Å²) in [5, 5.41) is 6.76. The molecule has 7 nitrogen and oxygen atoms in total. The Balaban J connectivity index is 1.56. The van der Waals surface area contributed by atoms with Crippen molar-refractivity contribution >= 4 is 15.9 Å². The number of nitrogens with zero attached hydrogens (tertiary/aromatic N) is 2. The third-order valence-electron chi connectivity index (χ3n) is 4.45. The van der Waals surface area contributed by atoms with Gasteiger partial charge in [0.1, 0.15) is 0 Å². The minimum absolute atomic E-state index is 0.0625. The third kappa shape index (κ3) is 4.31. The van der Waals surface area contributed by atoms with E-state index in [0.29, 0.717) is 38.1 Å². The second-order valence-corrected chi connectivity index (χ2v) is 8.49. The maximum atomic E-state index is 12.4. The van der Waals surface area contributed by atoms with Gasteiger partial charge in [-0.3, -0.25) is 4.79 Å². The Hall–Kier alpha value is -2.19. The van der Waals surface area contributed by atoms with Crippen LogP contribution in [0.5, 0.6) is 0 Å². The van der Waals surface area contributed by atoms with E-state index in [2.05, 4.69) is 10.5 Å². The number of hydrogen-bond donors (Lipinski definition) is 1. The number of piperidine rings is 1. The van der Waals surface area contributed by atoms with Crippen molar-refractivity contribution in [2.75, 3.05) is 18.8 Å². The van der Waals surface area contributed by atoms with Crippen molar-refractivity contribution in [3.05, 3.63) is 42.1 Å². The fraction of sp³-hybridized carbons (Fsp3) is 0.444. The Labute approximate surface area is 153 Å². The van der Waals surface area contributed by atoms with Crippen LogP contribution in [0.1, 0.15) is 36.7 Å². The smallest absolute Gasteiger partial charge is 0.273 e. The lowest BCUT2D eigenvalue weighted by molar-refractivity contribution is 0.0914. The molecule has 0 unspecified atom stereocenters. The molecule has 1 saturated heterocycles. The lowest BCUT2D eigenvalue weighted by Gasteiger charge is -2.31. The summed E-state index contributed by atoms with van der Waals surface area (Å²) in [5.41, 5.74) is 1.08. The van der Waals surface area contributed by atoms with Crippen molar-refractivity contribution in [3.8, 4) is 11.3 Å². The van der Waals surface area contributed by atoms with Crippen molar-refractivity contribution in [2.24, 2.45) is 0 Å². The van der Waals surface area contributed by atoms with Crippen LogP contribution in [0.4, 0.5) is 0 Å². The molecule has 1 N–H and O–H groups in total. The highest BCUT2D eigenvalue weighted by Gasteiger charge is 2.28. The Kier molecular flexibility index (Phi) is 5.73. The van der Waals surface area contributed by atoms with E-state index in [1.807, 2.05) is 37.3 Å². The molecule has 1 aromatic heterocycles. The SMILES string of the molecule is CCCS(=O)(=O)N1CCC(NC(=O)c2cc(-c3ccccc3)on2)CC1. The molecular formula is C18H23N3O4S. The highest BCUT2D eigenvalue weighted by molar-refractivity contribution is 7.89. The molecule has 0 aliphatic carbocycles. The van der Waals surface area contributed by atoms with Gasteiger partial charge in [0.25, 0.3) is 5.91 Å². The molecule has 1 fully saturated rings. The Morgan fingerprint density at radius 1 is 1.27 bits per heavy atom. The molecule has 8 heteroatoms. The summed E-state index contributed by atoms with van der Waals surface area (Å²) in [5.74, 6) is 0.410. The largest absolute Gasteiger partial charge is 0.355 e. The third-order valence-corrected chi connectivity index (χ3v) is 6.52. The minimum atomic E-state index is -3.17. The second kappa shape index (κ2) is 8.01. The number of aromatic nitrogens is 1. The first-order valence-electron chi connectivity index (χ1n) is 8.80. The molecule has 1 aliphatic heterocycles. The van der Waals surface area contributed by atoms with Gasteiger partial charge in [-0.05, 0) is 19.3 Å². The number of hydrogen-bond acceptors (Lipinski definition) is 5. The van der Waals surface area contributed by atoms with E-state index < -0.39 is 10.0 Å². The predicted octanol–water partition coefficient (Wildman–Crippen LogP) is 2.28. The Bertz CT molecular complexity index is 840. The van der Waals surface area contributed by atoms with Crippen LogP contribution in [-0.4, -0.2) is 48.7 Å². The highest BCUT2D eigenvalue weighted by Crippen LogP contribution is 2.20. The molecule has 0 radical (unpaired) electrons. The molecule has 1 aromatic carbocycles. The van der Waals surface area contributed by atoms with Crippen LogP contribution < -0.4 is 5.32 Å². The molecule has 26 heavy (non-hydrogen) atoms. The first kappa shape index (κ1) is 18.6. The van der Waals surface area contributed by atoms with E-state index in [4.69, 9.17) is 4.52 Å². The lowest BCUT2D eigenvalue weighted by Crippen LogP contribution is -2.47. The Morgan fingerprint density at radius 2 is 1.96 bits per heavy atom. The average Bonchev–Trinajstić information content (AvgIpc) is 3.13. The van der Waals surface area contributed by atoms with E-state index in [1.54, 1.807) is 6.07 Å². The number of nitrogens with one attached hydrogen (secondary N) is 1. The van der Waals surface area contributed by atoms with Gasteiger partial charge in [-0.25, -0.2) is 12.7 Å². The molecular weight excluding hydrogens is 354 g/mol. The summed E-state index contributed by atoms with van der Waals surface area (Å²) >= 11 is 0. The van der Waals surface area contributed by atoms with E-state index >= 15 is 0 Å². The zero-order chi connectivity index (χ0) is 18.6. The summed E-state index contributed by atoms with van der Waals surface area (Å²) in [4.78, 5) is 12.4. The summed E-state index contributed by atoms with van der Waals surface area (Å²) in [6.07, 6.45) is 1.80. The van der Waals surface area contributed by atoms with Gasteiger partial charge in [-0.2, -0.15) is 0 Å². The number of benzene rings is 1. The van der Waals surface area contributed by atoms with Gasteiger partial charge in [-0.15, -0.1) is 0 Å². The highest BCUT2D eigenvalue weighted by atomic mass is 32.2. The van der Waals surface area contributed by atoms with Gasteiger partial charge in [-0.1, -0.05) is 42.4 Å². The summed E-state index contributed by atoms with van der Waals surface area (Å²) in [6, 6.07) is 11.0. The monoisotopic (exact) mass is 377 g/mol. The van der Waals surface area contributed by atoms with Crippen molar-refractivity contribution in [2.45, 2.75) is 32.2 Å². The predicted molar refractivity (Wildman–Crippen MR) is 98.1 cm³/mol. The first-order chi connectivity index (χ1) is 12.5. The number of sulfonamides is 1. The number of carbonyl (C=O) groups excluding carboxylic acids is 1. The van der Waals surface area contributed by atoms with Crippen LogP contribution in [0.2, 0.25) is 0 Å². The topological polar surface area (TPSA) is 92.5 Å². The zero-order valence-electron chi connectivity index (χ0n) is 14.7. The van der Waals surface area contributed by atoms with E-state index in [0.717, 1.165) is 5.56 Å². The van der Waals surface area contributed by atoms with Crippen LogP contribution in [0, 0.1) is 0 Å². The van der Waals surface area contributed by atoms with Crippen LogP contribution in [-0.2, 0) is 10.0 Å². The number of carbonyl (C=O) groups is 1. The molecule has 0 atom stereocenters. The number of rotatable bonds is 6. The quantitative estimate of drug-likeness (QED) is 0.834. The van der Waals surface area contributed by atoms with Gasteiger partial charge in [0, 0.05) is 30.8 Å². The fourth-order valence-corrected chi connectivity index (χ4v) is 4.59. The van der Waals surface area contributed by atoms with Crippen LogP contribution >= 0.6 is 0 Å². The second-order valence-electron chi connectivity index (χ2n) is 6.41. The average molecular weight is 377 g/mol. The molecule has 0 spiro atoms. The summed E-state index contributed by atoms with van der Waals surface area (Å²) in [6.45, 7) is 2.72. The molecule has 0 bridgehead atoms. The van der Waals surface area contributed by atoms with Crippen LogP contribution in [0.25, 0.3) is 11.3 Å². The van der Waals surface area contributed by atoms with Crippen molar-refractivity contribution in [3.63, 3.8) is 0 Å². The van der Waals surface area contributed by atoms with Gasteiger partial charge in [0.05, 0.1) is 5.75 Å². The van der Waals surface area contributed by atoms with Gasteiger partial charge >= 0.3 is 0 Å². The normalized spacial score (nSPS) is 16.5. The molecule has 1 amide bonds. The van der Waals surface area contributed by atoms with Crippen molar-refractivity contribution < 1.29 is 17.7 Å². The molecule has 3 rings (SSSR count). The summed E-state index contributed by atoms with van der Waals surface area (Å²) in [7, 11) is -3.17.